The van der Waals surface area contributed by atoms with E-state index in [4.69, 9.17) is 0 Å². The van der Waals surface area contributed by atoms with E-state index in [0.717, 1.165) is 32.2 Å². The molecule has 41 heavy (non-hydrogen) atoms. The molecule has 0 aliphatic heterocycles. The quantitative estimate of drug-likeness (QED) is 0.0547. The zero-order valence-corrected chi connectivity index (χ0v) is 26.9. The Morgan fingerprint density at radius 3 is 1.34 bits per heavy atom. The standard InChI is InChI=1S/C34H63NO6/c1-5-6-7-8-9-10-11-12-13-14-15-16-17-18-19-20-21-25-35(26-22-29(2)32(36)37,27-23-30(3)33(38)39)28-24-31(4)34(40)41/h17-18,29-31H,5-16,19-28H2,1-4H3,(H2-,36,37,38,39,40,41)/b18-17+. The van der Waals surface area contributed by atoms with Crippen molar-refractivity contribution >= 4 is 17.9 Å². The molecule has 0 heterocycles. The fourth-order valence-electron chi connectivity index (χ4n) is 5.31. The number of nitrogens with zero attached hydrogens (tertiary/aromatic N) is 1. The SMILES string of the molecule is CCCCCCCCCCCCC/C=C/CCCC[N+](CCC(C)C(=O)[O-])(CCC(C)C(=O)O)CCC(C)C(=O)O. The largest absolute Gasteiger partial charge is 0.550 e. The Morgan fingerprint density at radius 1 is 0.585 bits per heavy atom. The molecule has 0 aromatic carbocycles. The van der Waals surface area contributed by atoms with Gasteiger partial charge in [0.2, 0.25) is 0 Å². The summed E-state index contributed by atoms with van der Waals surface area (Å²) in [6.07, 6.45) is 24.9. The van der Waals surface area contributed by atoms with Crippen molar-refractivity contribution < 1.29 is 34.2 Å². The summed E-state index contributed by atoms with van der Waals surface area (Å²) in [6.45, 7) is 9.89. The van der Waals surface area contributed by atoms with E-state index in [0.29, 0.717) is 43.4 Å². The lowest BCUT2D eigenvalue weighted by Crippen LogP contribution is -2.52. The van der Waals surface area contributed by atoms with Gasteiger partial charge in [0.05, 0.1) is 38.0 Å². The average Bonchev–Trinajstić information content (AvgIpc) is 2.94. The fraction of sp³-hybridized carbons (Fsp3) is 0.853. The van der Waals surface area contributed by atoms with Gasteiger partial charge in [-0.3, -0.25) is 9.59 Å². The fourth-order valence-corrected chi connectivity index (χ4v) is 5.31. The molecule has 3 atom stereocenters. The first-order valence-electron chi connectivity index (χ1n) is 16.7. The van der Waals surface area contributed by atoms with Crippen molar-refractivity contribution in [2.24, 2.45) is 17.8 Å². The molecular formula is C34H63NO6. The Hall–Kier alpha value is -1.89. The molecule has 0 aliphatic carbocycles. The third-order valence-corrected chi connectivity index (χ3v) is 8.75. The monoisotopic (exact) mass is 581 g/mol. The van der Waals surface area contributed by atoms with Gasteiger partial charge in [0.15, 0.2) is 0 Å². The van der Waals surface area contributed by atoms with Gasteiger partial charge >= 0.3 is 11.9 Å². The van der Waals surface area contributed by atoms with E-state index in [1.54, 1.807) is 20.8 Å². The topological polar surface area (TPSA) is 115 Å². The second-order valence-corrected chi connectivity index (χ2v) is 12.6. The maximum atomic E-state index is 11.5. The first-order valence-corrected chi connectivity index (χ1v) is 16.7. The van der Waals surface area contributed by atoms with Crippen molar-refractivity contribution in [3.05, 3.63) is 12.2 Å². The van der Waals surface area contributed by atoms with E-state index in [-0.39, 0.29) is 0 Å². The van der Waals surface area contributed by atoms with E-state index in [1.165, 1.54) is 70.6 Å². The number of allylic oxidation sites excluding steroid dienone is 2. The minimum absolute atomic E-state index is 0.435. The molecular weight excluding hydrogens is 518 g/mol. The van der Waals surface area contributed by atoms with Crippen LogP contribution in [0.5, 0.6) is 0 Å². The second-order valence-electron chi connectivity index (χ2n) is 12.6. The van der Waals surface area contributed by atoms with Crippen molar-refractivity contribution in [2.75, 3.05) is 26.2 Å². The summed E-state index contributed by atoms with van der Waals surface area (Å²) in [5.74, 6) is -4.35. The highest BCUT2D eigenvalue weighted by Gasteiger charge is 2.30. The summed E-state index contributed by atoms with van der Waals surface area (Å²) in [5.41, 5.74) is 0. The molecule has 0 aliphatic rings. The smallest absolute Gasteiger partial charge is 0.306 e. The molecule has 0 radical (unpaired) electrons. The molecule has 7 heteroatoms. The third-order valence-electron chi connectivity index (χ3n) is 8.75. The number of carbonyl (C=O) groups is 3. The van der Waals surface area contributed by atoms with Gasteiger partial charge in [0, 0.05) is 31.1 Å². The summed E-state index contributed by atoms with van der Waals surface area (Å²) in [7, 11) is 0. The minimum atomic E-state index is -1.08. The number of hydrogen-bond donors (Lipinski definition) is 2. The number of quaternary nitrogens is 1. The van der Waals surface area contributed by atoms with Gasteiger partial charge in [-0.1, -0.05) is 104 Å². The van der Waals surface area contributed by atoms with Crippen LogP contribution in [0.1, 0.15) is 143 Å². The summed E-state index contributed by atoms with van der Waals surface area (Å²) in [6, 6.07) is 0. The Balaban J connectivity index is 4.64. The van der Waals surface area contributed by atoms with Crippen molar-refractivity contribution in [1.82, 2.24) is 0 Å². The summed E-state index contributed by atoms with van der Waals surface area (Å²) in [4.78, 5) is 34.3. The molecule has 0 spiro atoms. The van der Waals surface area contributed by atoms with E-state index in [1.807, 2.05) is 0 Å². The highest BCUT2D eigenvalue weighted by atomic mass is 16.4. The van der Waals surface area contributed by atoms with Crippen LogP contribution >= 0.6 is 0 Å². The predicted octanol–water partition coefficient (Wildman–Crippen LogP) is 7.23. The van der Waals surface area contributed by atoms with Gasteiger partial charge in [0.25, 0.3) is 0 Å². The lowest BCUT2D eigenvalue weighted by Gasteiger charge is -2.41. The van der Waals surface area contributed by atoms with Crippen LogP contribution in [0.3, 0.4) is 0 Å². The molecule has 0 saturated heterocycles. The van der Waals surface area contributed by atoms with Crippen molar-refractivity contribution in [1.29, 1.82) is 0 Å². The lowest BCUT2D eigenvalue weighted by atomic mass is 10.0. The van der Waals surface area contributed by atoms with Crippen molar-refractivity contribution in [3.8, 4) is 0 Å². The second kappa shape index (κ2) is 24.7. The van der Waals surface area contributed by atoms with E-state index in [2.05, 4.69) is 19.1 Å². The predicted molar refractivity (Wildman–Crippen MR) is 165 cm³/mol. The highest BCUT2D eigenvalue weighted by Crippen LogP contribution is 2.21. The van der Waals surface area contributed by atoms with Gasteiger partial charge in [-0.05, 0) is 32.1 Å². The first-order chi connectivity index (χ1) is 19.5. The van der Waals surface area contributed by atoms with Crippen LogP contribution in [-0.2, 0) is 14.4 Å². The van der Waals surface area contributed by atoms with E-state index in [9.17, 15) is 29.7 Å². The summed E-state index contributed by atoms with van der Waals surface area (Å²) in [5, 5.41) is 30.2. The van der Waals surface area contributed by atoms with Crippen LogP contribution in [0.4, 0.5) is 0 Å². The van der Waals surface area contributed by atoms with Gasteiger partial charge in [-0.2, -0.15) is 0 Å². The maximum absolute atomic E-state index is 11.5. The number of hydrogen-bond acceptors (Lipinski definition) is 4. The number of carbonyl (C=O) groups excluding carboxylic acids is 1. The van der Waals surface area contributed by atoms with E-state index >= 15 is 0 Å². The molecule has 7 nitrogen and oxygen atoms in total. The summed E-state index contributed by atoms with van der Waals surface area (Å²) >= 11 is 0. The average molecular weight is 582 g/mol. The van der Waals surface area contributed by atoms with Crippen LogP contribution in [0.2, 0.25) is 0 Å². The zero-order valence-electron chi connectivity index (χ0n) is 26.9. The molecule has 0 aromatic heterocycles. The van der Waals surface area contributed by atoms with Gasteiger partial charge < -0.3 is 24.6 Å². The van der Waals surface area contributed by atoms with Crippen LogP contribution in [0.15, 0.2) is 12.2 Å². The maximum Gasteiger partial charge on any atom is 0.306 e. The Morgan fingerprint density at radius 2 is 0.951 bits per heavy atom. The molecule has 0 bridgehead atoms. The Labute approximate surface area is 251 Å². The molecule has 0 aromatic rings. The number of aliphatic carboxylic acids is 3. The number of unbranched alkanes of at least 4 members (excludes halogenated alkanes) is 13. The number of rotatable bonds is 29. The molecule has 2 N–H and O–H groups in total. The lowest BCUT2D eigenvalue weighted by molar-refractivity contribution is -0.929. The molecule has 0 fully saturated rings. The molecule has 0 amide bonds. The van der Waals surface area contributed by atoms with Crippen LogP contribution in [0.25, 0.3) is 0 Å². The minimum Gasteiger partial charge on any atom is -0.550 e. The highest BCUT2D eigenvalue weighted by molar-refractivity contribution is 5.69. The number of carboxylic acids is 3. The third kappa shape index (κ3) is 21.5. The van der Waals surface area contributed by atoms with Gasteiger partial charge in [-0.25, -0.2) is 0 Å². The Bertz CT molecular complexity index is 662. The normalized spacial score (nSPS) is 15.4. The van der Waals surface area contributed by atoms with Gasteiger partial charge in [0.1, 0.15) is 0 Å². The number of carboxylic acid groups (broad SMARTS) is 3. The van der Waals surface area contributed by atoms with Gasteiger partial charge in [-0.15, -0.1) is 0 Å². The van der Waals surface area contributed by atoms with Crippen LogP contribution in [0, 0.1) is 17.8 Å². The van der Waals surface area contributed by atoms with Crippen LogP contribution in [-0.4, -0.2) is 58.8 Å². The Kier molecular flexibility index (Phi) is 23.5. The van der Waals surface area contributed by atoms with Crippen LogP contribution < -0.4 is 5.11 Å². The molecule has 3 unspecified atom stereocenters. The summed E-state index contributed by atoms with van der Waals surface area (Å²) < 4.78 is 0.565. The van der Waals surface area contributed by atoms with E-state index < -0.39 is 35.7 Å². The zero-order chi connectivity index (χ0) is 30.9. The molecule has 240 valence electrons. The molecule has 0 rings (SSSR count). The first kappa shape index (κ1) is 39.1. The van der Waals surface area contributed by atoms with Crippen molar-refractivity contribution in [3.63, 3.8) is 0 Å². The molecule has 0 saturated carbocycles. The van der Waals surface area contributed by atoms with Crippen molar-refractivity contribution in [2.45, 2.75) is 143 Å².